The summed E-state index contributed by atoms with van der Waals surface area (Å²) in [7, 11) is 0. The van der Waals surface area contributed by atoms with Crippen molar-refractivity contribution in [2.45, 2.75) is 83.3 Å². The summed E-state index contributed by atoms with van der Waals surface area (Å²) in [4.78, 5) is 0. The van der Waals surface area contributed by atoms with Gasteiger partial charge in [-0.25, -0.2) is 0 Å². The number of nitrogens with two attached hydrogens (primary N) is 1. The highest BCUT2D eigenvalue weighted by molar-refractivity contribution is 4.91. The van der Waals surface area contributed by atoms with Crippen molar-refractivity contribution in [3.63, 3.8) is 0 Å². The average molecular weight is 224 g/mol. The fourth-order valence-corrected chi connectivity index (χ4v) is 3.37. The van der Waals surface area contributed by atoms with E-state index in [1.807, 2.05) is 0 Å². The summed E-state index contributed by atoms with van der Waals surface area (Å²) in [6.07, 6.45) is 10.6. The molecule has 0 radical (unpaired) electrons. The van der Waals surface area contributed by atoms with E-state index in [-0.39, 0.29) is 0 Å². The van der Waals surface area contributed by atoms with Gasteiger partial charge in [0.15, 0.2) is 0 Å². The second-order valence-electron chi connectivity index (χ2n) is 6.57. The van der Waals surface area contributed by atoms with Gasteiger partial charge in [-0.2, -0.15) is 0 Å². The fraction of sp³-hybridized carbons (Fsp3) is 1.00. The van der Waals surface area contributed by atoms with Crippen LogP contribution in [0.15, 0.2) is 0 Å². The first kappa shape index (κ1) is 12.4. The van der Waals surface area contributed by atoms with Crippen LogP contribution in [-0.4, -0.2) is 18.1 Å². The van der Waals surface area contributed by atoms with Crippen molar-refractivity contribution in [2.75, 3.05) is 0 Å². The minimum atomic E-state index is 0.470. The van der Waals surface area contributed by atoms with Crippen molar-refractivity contribution in [3.05, 3.63) is 0 Å². The summed E-state index contributed by atoms with van der Waals surface area (Å²) in [6.45, 7) is 4.86. The van der Waals surface area contributed by atoms with E-state index in [0.29, 0.717) is 11.5 Å². The van der Waals surface area contributed by atoms with Gasteiger partial charge in [-0.3, -0.25) is 0 Å². The molecule has 2 aliphatic carbocycles. The first-order valence-corrected chi connectivity index (χ1v) is 7.09. The minimum absolute atomic E-state index is 0.470. The molecule has 1 atom stereocenters. The Bertz CT molecular complexity index is 217. The Morgan fingerprint density at radius 3 is 2.31 bits per heavy atom. The van der Waals surface area contributed by atoms with Crippen LogP contribution in [0.4, 0.5) is 0 Å². The van der Waals surface area contributed by atoms with Crippen LogP contribution in [0.3, 0.4) is 0 Å². The second-order valence-corrected chi connectivity index (χ2v) is 6.57. The van der Waals surface area contributed by atoms with E-state index in [1.54, 1.807) is 0 Å². The molecule has 16 heavy (non-hydrogen) atoms. The smallest absolute Gasteiger partial charge is 0.0121 e. The molecule has 2 nitrogen and oxygen atoms in total. The van der Waals surface area contributed by atoms with Crippen LogP contribution in [0.2, 0.25) is 0 Å². The second kappa shape index (κ2) is 5.05. The maximum atomic E-state index is 5.96. The molecule has 2 rings (SSSR count). The highest BCUT2D eigenvalue weighted by Gasteiger charge is 2.33. The molecule has 1 unspecified atom stereocenters. The van der Waals surface area contributed by atoms with Gasteiger partial charge in [0.25, 0.3) is 0 Å². The van der Waals surface area contributed by atoms with Gasteiger partial charge in [0, 0.05) is 18.1 Å². The first-order chi connectivity index (χ1) is 7.58. The number of hydrogen-bond donors (Lipinski definition) is 2. The monoisotopic (exact) mass is 224 g/mol. The fourth-order valence-electron chi connectivity index (χ4n) is 3.37. The summed E-state index contributed by atoms with van der Waals surface area (Å²) < 4.78 is 0. The van der Waals surface area contributed by atoms with Gasteiger partial charge in [0.2, 0.25) is 0 Å². The van der Waals surface area contributed by atoms with Crippen molar-refractivity contribution >= 4 is 0 Å². The standard InChI is InChI=1S/C14H28N2/c1-14(2)10-4-3-5-13(14)16-12-8-6-11(15)7-9-12/h11-13,16H,3-10,15H2,1-2H3. The molecule has 2 saturated carbocycles. The van der Waals surface area contributed by atoms with E-state index in [9.17, 15) is 0 Å². The summed E-state index contributed by atoms with van der Waals surface area (Å²) >= 11 is 0. The van der Waals surface area contributed by atoms with Crippen molar-refractivity contribution < 1.29 is 0 Å². The van der Waals surface area contributed by atoms with Crippen LogP contribution in [0.25, 0.3) is 0 Å². The Kier molecular flexibility index (Phi) is 3.91. The summed E-state index contributed by atoms with van der Waals surface area (Å²) in [5, 5.41) is 3.91. The molecule has 2 heteroatoms. The highest BCUT2D eigenvalue weighted by atomic mass is 15.0. The predicted molar refractivity (Wildman–Crippen MR) is 69.4 cm³/mol. The average Bonchev–Trinajstić information content (AvgIpc) is 2.24. The minimum Gasteiger partial charge on any atom is -0.328 e. The van der Waals surface area contributed by atoms with Crippen molar-refractivity contribution in [1.29, 1.82) is 0 Å². The van der Waals surface area contributed by atoms with Crippen LogP contribution in [0.5, 0.6) is 0 Å². The Morgan fingerprint density at radius 1 is 1.00 bits per heavy atom. The van der Waals surface area contributed by atoms with Gasteiger partial charge >= 0.3 is 0 Å². The summed E-state index contributed by atoms with van der Waals surface area (Å²) in [5.41, 5.74) is 6.45. The quantitative estimate of drug-likeness (QED) is 0.757. The lowest BCUT2D eigenvalue weighted by Crippen LogP contribution is -2.50. The zero-order chi connectivity index (χ0) is 11.6. The van der Waals surface area contributed by atoms with Crippen LogP contribution in [-0.2, 0) is 0 Å². The van der Waals surface area contributed by atoms with Crippen molar-refractivity contribution in [1.82, 2.24) is 5.32 Å². The SMILES string of the molecule is CC1(C)CCCCC1NC1CCC(N)CC1. The Labute approximate surface area is 100 Å². The normalized spacial score (nSPS) is 39.6. The number of rotatable bonds is 2. The van der Waals surface area contributed by atoms with Gasteiger partial charge in [0.05, 0.1) is 0 Å². The van der Waals surface area contributed by atoms with E-state index >= 15 is 0 Å². The highest BCUT2D eigenvalue weighted by Crippen LogP contribution is 2.36. The lowest BCUT2D eigenvalue weighted by atomic mass is 9.72. The molecular formula is C14H28N2. The zero-order valence-corrected chi connectivity index (χ0v) is 11.0. The maximum Gasteiger partial charge on any atom is 0.0121 e. The largest absolute Gasteiger partial charge is 0.328 e. The third-order valence-electron chi connectivity index (χ3n) is 4.72. The van der Waals surface area contributed by atoms with Gasteiger partial charge < -0.3 is 11.1 Å². The zero-order valence-electron chi connectivity index (χ0n) is 11.0. The molecule has 0 heterocycles. The van der Waals surface area contributed by atoms with Crippen LogP contribution in [0, 0.1) is 5.41 Å². The van der Waals surface area contributed by atoms with Crippen LogP contribution >= 0.6 is 0 Å². The third kappa shape index (κ3) is 2.98. The third-order valence-corrected chi connectivity index (χ3v) is 4.72. The first-order valence-electron chi connectivity index (χ1n) is 7.09. The number of nitrogens with one attached hydrogen (secondary N) is 1. The Balaban J connectivity index is 1.84. The molecular weight excluding hydrogens is 196 g/mol. The molecule has 0 aromatic carbocycles. The Morgan fingerprint density at radius 2 is 1.69 bits per heavy atom. The maximum absolute atomic E-state index is 5.96. The van der Waals surface area contributed by atoms with Gasteiger partial charge in [-0.1, -0.05) is 26.7 Å². The van der Waals surface area contributed by atoms with Crippen LogP contribution < -0.4 is 11.1 Å². The predicted octanol–water partition coefficient (Wildman–Crippen LogP) is 2.81. The summed E-state index contributed by atoms with van der Waals surface area (Å²) in [5.74, 6) is 0. The molecule has 0 spiro atoms. The molecule has 0 amide bonds. The van der Waals surface area contributed by atoms with Crippen molar-refractivity contribution in [3.8, 4) is 0 Å². The lowest BCUT2D eigenvalue weighted by Gasteiger charge is -2.42. The molecule has 94 valence electrons. The molecule has 2 fully saturated rings. The van der Waals surface area contributed by atoms with Gasteiger partial charge in [-0.15, -0.1) is 0 Å². The van der Waals surface area contributed by atoms with Gasteiger partial charge in [0.1, 0.15) is 0 Å². The topological polar surface area (TPSA) is 38.0 Å². The Hall–Kier alpha value is -0.0800. The molecule has 2 aliphatic rings. The molecule has 0 aromatic heterocycles. The van der Waals surface area contributed by atoms with E-state index in [1.165, 1.54) is 51.4 Å². The molecule has 0 aromatic rings. The van der Waals surface area contributed by atoms with Gasteiger partial charge in [-0.05, 0) is 43.9 Å². The van der Waals surface area contributed by atoms with E-state index < -0.39 is 0 Å². The molecule has 0 bridgehead atoms. The van der Waals surface area contributed by atoms with Crippen LogP contribution in [0.1, 0.15) is 65.2 Å². The van der Waals surface area contributed by atoms with E-state index in [4.69, 9.17) is 5.73 Å². The molecule has 0 aliphatic heterocycles. The molecule has 0 saturated heterocycles. The number of hydrogen-bond acceptors (Lipinski definition) is 2. The molecule has 3 N–H and O–H groups in total. The summed E-state index contributed by atoms with van der Waals surface area (Å²) in [6, 6.07) is 1.94. The van der Waals surface area contributed by atoms with E-state index in [0.717, 1.165) is 12.1 Å². The van der Waals surface area contributed by atoms with Crippen molar-refractivity contribution in [2.24, 2.45) is 11.1 Å². The van der Waals surface area contributed by atoms with E-state index in [2.05, 4.69) is 19.2 Å². The lowest BCUT2D eigenvalue weighted by molar-refractivity contribution is 0.144.